The summed E-state index contributed by atoms with van der Waals surface area (Å²) in [6, 6.07) is 0. The first-order valence-corrected chi connectivity index (χ1v) is 6.50. The van der Waals surface area contributed by atoms with Crippen molar-refractivity contribution >= 4 is 5.91 Å². The minimum atomic E-state index is 0.0826. The van der Waals surface area contributed by atoms with Crippen LogP contribution in [0.3, 0.4) is 0 Å². The number of hydrogen-bond acceptors (Lipinski definition) is 3. The van der Waals surface area contributed by atoms with Crippen molar-refractivity contribution < 1.29 is 14.3 Å². The number of rotatable bonds is 5. The van der Waals surface area contributed by atoms with Gasteiger partial charge in [0.1, 0.15) is 6.61 Å². The van der Waals surface area contributed by atoms with E-state index in [9.17, 15) is 4.79 Å². The van der Waals surface area contributed by atoms with Crippen LogP contribution in [-0.2, 0) is 14.3 Å². The molecule has 100 valence electrons. The van der Waals surface area contributed by atoms with Crippen LogP contribution in [0, 0.1) is 5.92 Å². The summed E-state index contributed by atoms with van der Waals surface area (Å²) in [4.78, 5) is 13.8. The van der Waals surface area contributed by atoms with Gasteiger partial charge in [0.05, 0.1) is 12.2 Å². The minimum absolute atomic E-state index is 0.0826. The highest BCUT2D eigenvalue weighted by molar-refractivity contribution is 5.77. The van der Waals surface area contributed by atoms with E-state index in [-0.39, 0.29) is 24.7 Å². The zero-order valence-electron chi connectivity index (χ0n) is 11.4. The van der Waals surface area contributed by atoms with E-state index >= 15 is 0 Å². The van der Waals surface area contributed by atoms with Gasteiger partial charge in [-0.05, 0) is 25.7 Å². The van der Waals surface area contributed by atoms with Gasteiger partial charge in [-0.1, -0.05) is 13.8 Å². The topological polar surface area (TPSA) is 38.8 Å². The van der Waals surface area contributed by atoms with E-state index < -0.39 is 0 Å². The zero-order chi connectivity index (χ0) is 12.8. The smallest absolute Gasteiger partial charge is 0.248 e. The normalized spacial score (nSPS) is 26.9. The Balaban J connectivity index is 2.37. The predicted octanol–water partition coefficient (Wildman–Crippen LogP) is 1.68. The summed E-state index contributed by atoms with van der Waals surface area (Å²) in [7, 11) is 1.71. The summed E-state index contributed by atoms with van der Waals surface area (Å²) in [6.07, 6.45) is 2.26. The molecule has 0 aliphatic carbocycles. The van der Waals surface area contributed by atoms with E-state index in [0.717, 1.165) is 19.4 Å². The van der Waals surface area contributed by atoms with Crippen molar-refractivity contribution in [2.45, 2.75) is 45.8 Å². The Morgan fingerprint density at radius 2 is 2.24 bits per heavy atom. The lowest BCUT2D eigenvalue weighted by Gasteiger charge is -2.36. The molecule has 17 heavy (non-hydrogen) atoms. The SMILES string of the molecule is CC[C@H](C)OCC(=O)N1CC[C@@H](C)[C@@H](OC)C1. The Kier molecular flexibility index (Phi) is 5.92. The number of carbonyl (C=O) groups is 1. The molecule has 1 saturated heterocycles. The Hall–Kier alpha value is -0.610. The molecule has 0 radical (unpaired) electrons. The van der Waals surface area contributed by atoms with Gasteiger partial charge in [-0.25, -0.2) is 0 Å². The van der Waals surface area contributed by atoms with Crippen LogP contribution in [-0.4, -0.2) is 49.8 Å². The average Bonchev–Trinajstić information content (AvgIpc) is 2.35. The molecule has 0 spiro atoms. The quantitative estimate of drug-likeness (QED) is 0.737. The van der Waals surface area contributed by atoms with Gasteiger partial charge in [0.2, 0.25) is 5.91 Å². The number of nitrogens with zero attached hydrogens (tertiary/aromatic N) is 1. The van der Waals surface area contributed by atoms with Crippen molar-refractivity contribution in [1.29, 1.82) is 0 Å². The Bertz CT molecular complexity index is 245. The van der Waals surface area contributed by atoms with E-state index in [2.05, 4.69) is 13.8 Å². The van der Waals surface area contributed by atoms with E-state index in [4.69, 9.17) is 9.47 Å². The Morgan fingerprint density at radius 3 is 2.82 bits per heavy atom. The third-order valence-electron chi connectivity index (χ3n) is 3.61. The number of amides is 1. The molecule has 3 atom stereocenters. The van der Waals surface area contributed by atoms with Crippen molar-refractivity contribution in [3.05, 3.63) is 0 Å². The lowest BCUT2D eigenvalue weighted by Crippen LogP contribution is -2.48. The van der Waals surface area contributed by atoms with Crippen LogP contribution < -0.4 is 0 Å². The van der Waals surface area contributed by atoms with Crippen LogP contribution in [0.5, 0.6) is 0 Å². The molecular weight excluding hydrogens is 218 g/mol. The highest BCUT2D eigenvalue weighted by Crippen LogP contribution is 2.19. The third-order valence-corrected chi connectivity index (χ3v) is 3.61. The second-order valence-electron chi connectivity index (χ2n) is 4.91. The first kappa shape index (κ1) is 14.5. The van der Waals surface area contributed by atoms with Crippen molar-refractivity contribution in [3.63, 3.8) is 0 Å². The first-order valence-electron chi connectivity index (χ1n) is 6.50. The van der Waals surface area contributed by atoms with Crippen LogP contribution in [0.1, 0.15) is 33.6 Å². The summed E-state index contributed by atoms with van der Waals surface area (Å²) in [5.74, 6) is 0.610. The molecule has 0 aromatic rings. The lowest BCUT2D eigenvalue weighted by molar-refractivity contribution is -0.142. The predicted molar refractivity (Wildman–Crippen MR) is 66.9 cm³/mol. The molecule has 4 heteroatoms. The highest BCUT2D eigenvalue weighted by Gasteiger charge is 2.28. The number of ether oxygens (including phenoxy) is 2. The molecule has 0 bridgehead atoms. The summed E-state index contributed by atoms with van der Waals surface area (Å²) in [6.45, 7) is 7.93. The van der Waals surface area contributed by atoms with Crippen LogP contribution in [0.4, 0.5) is 0 Å². The molecule has 1 amide bonds. The molecule has 1 heterocycles. The number of hydrogen-bond donors (Lipinski definition) is 0. The van der Waals surface area contributed by atoms with Crippen molar-refractivity contribution in [1.82, 2.24) is 4.90 Å². The van der Waals surface area contributed by atoms with Gasteiger partial charge in [-0.3, -0.25) is 4.79 Å². The van der Waals surface area contributed by atoms with Gasteiger partial charge >= 0.3 is 0 Å². The van der Waals surface area contributed by atoms with E-state index in [1.807, 2.05) is 11.8 Å². The zero-order valence-corrected chi connectivity index (χ0v) is 11.4. The van der Waals surface area contributed by atoms with Gasteiger partial charge in [0.25, 0.3) is 0 Å². The fourth-order valence-corrected chi connectivity index (χ4v) is 1.99. The van der Waals surface area contributed by atoms with Gasteiger partial charge in [0.15, 0.2) is 0 Å². The summed E-state index contributed by atoms with van der Waals surface area (Å²) >= 11 is 0. The van der Waals surface area contributed by atoms with Crippen molar-refractivity contribution in [2.75, 3.05) is 26.8 Å². The third kappa shape index (κ3) is 4.28. The maximum atomic E-state index is 11.9. The van der Waals surface area contributed by atoms with E-state index in [1.165, 1.54) is 0 Å². The van der Waals surface area contributed by atoms with Crippen LogP contribution in [0.15, 0.2) is 0 Å². The number of piperidine rings is 1. The van der Waals surface area contributed by atoms with Crippen LogP contribution in [0.2, 0.25) is 0 Å². The van der Waals surface area contributed by atoms with Gasteiger partial charge in [-0.2, -0.15) is 0 Å². The Labute approximate surface area is 104 Å². The number of carbonyl (C=O) groups excluding carboxylic acids is 1. The van der Waals surface area contributed by atoms with Crippen molar-refractivity contribution in [3.8, 4) is 0 Å². The number of likely N-dealkylation sites (tertiary alicyclic amines) is 1. The molecule has 4 nitrogen and oxygen atoms in total. The number of methoxy groups -OCH3 is 1. The second-order valence-corrected chi connectivity index (χ2v) is 4.91. The average molecular weight is 243 g/mol. The fraction of sp³-hybridized carbons (Fsp3) is 0.923. The molecule has 0 unspecified atom stereocenters. The molecule has 0 aromatic heterocycles. The molecule has 0 saturated carbocycles. The molecule has 0 N–H and O–H groups in total. The summed E-state index contributed by atoms with van der Waals surface area (Å²) in [5, 5.41) is 0. The van der Waals surface area contributed by atoms with Gasteiger partial charge in [0, 0.05) is 20.2 Å². The maximum Gasteiger partial charge on any atom is 0.248 e. The largest absolute Gasteiger partial charge is 0.379 e. The summed E-state index contributed by atoms with van der Waals surface area (Å²) < 4.78 is 10.9. The lowest BCUT2D eigenvalue weighted by atomic mass is 9.96. The maximum absolute atomic E-state index is 11.9. The standard InChI is InChI=1S/C13H25NO3/c1-5-11(3)17-9-13(15)14-7-6-10(2)12(8-14)16-4/h10-12H,5-9H2,1-4H3/t10-,11+,12+/m1/s1. The monoisotopic (exact) mass is 243 g/mol. The van der Waals surface area contributed by atoms with Crippen LogP contribution in [0.25, 0.3) is 0 Å². The van der Waals surface area contributed by atoms with Crippen LogP contribution >= 0.6 is 0 Å². The Morgan fingerprint density at radius 1 is 1.53 bits per heavy atom. The van der Waals surface area contributed by atoms with Crippen molar-refractivity contribution in [2.24, 2.45) is 5.92 Å². The molecule has 1 rings (SSSR count). The van der Waals surface area contributed by atoms with E-state index in [1.54, 1.807) is 7.11 Å². The molecule has 0 aromatic carbocycles. The fourth-order valence-electron chi connectivity index (χ4n) is 1.99. The molecule has 1 aliphatic rings. The highest BCUT2D eigenvalue weighted by atomic mass is 16.5. The summed E-state index contributed by atoms with van der Waals surface area (Å²) in [5.41, 5.74) is 0. The minimum Gasteiger partial charge on any atom is -0.379 e. The van der Waals surface area contributed by atoms with E-state index in [0.29, 0.717) is 12.5 Å². The van der Waals surface area contributed by atoms with Gasteiger partial charge < -0.3 is 14.4 Å². The molecule has 1 fully saturated rings. The second kappa shape index (κ2) is 6.97. The molecular formula is C13H25NO3. The van der Waals surface area contributed by atoms with Gasteiger partial charge in [-0.15, -0.1) is 0 Å². The first-order chi connectivity index (χ1) is 8.08. The molecule has 1 aliphatic heterocycles.